The number of amides is 1. The zero-order valence-electron chi connectivity index (χ0n) is 12.5. The predicted octanol–water partition coefficient (Wildman–Crippen LogP) is 5.52. The van der Waals surface area contributed by atoms with Gasteiger partial charge in [0.05, 0.1) is 5.69 Å². The predicted molar refractivity (Wildman–Crippen MR) is 87.7 cm³/mol. The van der Waals surface area contributed by atoms with Crippen molar-refractivity contribution in [2.75, 3.05) is 5.32 Å². The molecule has 2 rings (SSSR count). The van der Waals surface area contributed by atoms with Crippen LogP contribution in [0.3, 0.4) is 0 Å². The van der Waals surface area contributed by atoms with Crippen molar-refractivity contribution in [3.8, 4) is 0 Å². The van der Waals surface area contributed by atoms with E-state index in [-0.39, 0.29) is 17.6 Å². The summed E-state index contributed by atoms with van der Waals surface area (Å²) in [5, 5.41) is 2.91. The van der Waals surface area contributed by atoms with E-state index in [1.165, 1.54) is 31.4 Å². The van der Waals surface area contributed by atoms with Crippen molar-refractivity contribution in [1.29, 1.82) is 0 Å². The van der Waals surface area contributed by atoms with Gasteiger partial charge in [-0.15, -0.1) is 0 Å². The fourth-order valence-corrected chi connectivity index (χ4v) is 3.48. The molecule has 1 aromatic carbocycles. The summed E-state index contributed by atoms with van der Waals surface area (Å²) < 4.78 is 13.6. The van der Waals surface area contributed by atoms with E-state index >= 15 is 0 Å². The van der Waals surface area contributed by atoms with Crippen LogP contribution in [0.2, 0.25) is 0 Å². The monoisotopic (exact) mass is 355 g/mol. The molecule has 0 saturated heterocycles. The molecule has 1 fully saturated rings. The van der Waals surface area contributed by atoms with Gasteiger partial charge in [0, 0.05) is 10.4 Å². The Labute approximate surface area is 134 Å². The van der Waals surface area contributed by atoms with Crippen molar-refractivity contribution >= 4 is 27.5 Å². The zero-order valence-corrected chi connectivity index (χ0v) is 14.1. The topological polar surface area (TPSA) is 29.1 Å². The maximum absolute atomic E-state index is 13.0. The Morgan fingerprint density at radius 2 is 2.05 bits per heavy atom. The van der Waals surface area contributed by atoms with E-state index in [2.05, 4.69) is 28.2 Å². The highest BCUT2D eigenvalue weighted by molar-refractivity contribution is 9.10. The highest BCUT2D eigenvalue weighted by Crippen LogP contribution is 2.33. The maximum atomic E-state index is 13.0. The summed E-state index contributed by atoms with van der Waals surface area (Å²) in [4.78, 5) is 12.3. The third-order valence-corrected chi connectivity index (χ3v) is 5.03. The van der Waals surface area contributed by atoms with Crippen molar-refractivity contribution in [2.45, 2.75) is 51.9 Å². The van der Waals surface area contributed by atoms with Gasteiger partial charge < -0.3 is 5.32 Å². The van der Waals surface area contributed by atoms with Gasteiger partial charge in [0.1, 0.15) is 5.82 Å². The summed E-state index contributed by atoms with van der Waals surface area (Å²) in [6, 6.07) is 4.34. The van der Waals surface area contributed by atoms with Gasteiger partial charge in [0.15, 0.2) is 0 Å². The number of carbonyl (C=O) groups excluding carboxylic acids is 1. The van der Waals surface area contributed by atoms with E-state index in [1.54, 1.807) is 6.07 Å². The summed E-state index contributed by atoms with van der Waals surface area (Å²) in [6.45, 7) is 2.22. The molecule has 0 unspecified atom stereocenters. The first-order valence-electron chi connectivity index (χ1n) is 7.86. The molecule has 2 nitrogen and oxygen atoms in total. The SMILES string of the molecule is CCCCC1CCC(C(=O)Nc2ccc(F)cc2Br)CC1. The van der Waals surface area contributed by atoms with E-state index in [1.807, 2.05) is 0 Å². The Morgan fingerprint density at radius 3 is 2.67 bits per heavy atom. The number of hydrogen-bond donors (Lipinski definition) is 1. The molecule has 1 aliphatic rings. The summed E-state index contributed by atoms with van der Waals surface area (Å²) in [5.41, 5.74) is 0.648. The van der Waals surface area contributed by atoms with Crippen molar-refractivity contribution in [3.05, 3.63) is 28.5 Å². The normalized spacial score (nSPS) is 22.0. The van der Waals surface area contributed by atoms with Gasteiger partial charge in [-0.1, -0.05) is 26.2 Å². The largest absolute Gasteiger partial charge is 0.325 e. The Morgan fingerprint density at radius 1 is 1.33 bits per heavy atom. The van der Waals surface area contributed by atoms with Crippen LogP contribution in [-0.2, 0) is 4.79 Å². The average Bonchev–Trinajstić information content (AvgIpc) is 2.48. The molecule has 0 spiro atoms. The number of halogens is 2. The first-order chi connectivity index (χ1) is 10.1. The number of rotatable bonds is 5. The smallest absolute Gasteiger partial charge is 0.227 e. The number of hydrogen-bond acceptors (Lipinski definition) is 1. The first kappa shape index (κ1) is 16.5. The molecular formula is C17H23BrFNO. The number of unbranched alkanes of at least 4 members (excludes halogenated alkanes) is 1. The van der Waals surface area contributed by atoms with Gasteiger partial charge in [-0.05, 0) is 65.7 Å². The molecule has 1 amide bonds. The fraction of sp³-hybridized carbons (Fsp3) is 0.588. The second-order valence-corrected chi connectivity index (χ2v) is 6.83. The lowest BCUT2D eigenvalue weighted by molar-refractivity contribution is -0.121. The standard InChI is InChI=1S/C17H23BrFNO/c1-2-3-4-12-5-7-13(8-6-12)17(21)20-16-10-9-14(19)11-15(16)18/h9-13H,2-8H2,1H3,(H,20,21). The highest BCUT2D eigenvalue weighted by atomic mass is 79.9. The molecule has 1 aliphatic carbocycles. The first-order valence-corrected chi connectivity index (χ1v) is 8.65. The van der Waals surface area contributed by atoms with Gasteiger partial charge in [0.2, 0.25) is 5.91 Å². The molecule has 0 atom stereocenters. The van der Waals surface area contributed by atoms with E-state index < -0.39 is 0 Å². The number of benzene rings is 1. The molecule has 0 aliphatic heterocycles. The van der Waals surface area contributed by atoms with Gasteiger partial charge in [-0.3, -0.25) is 4.79 Å². The zero-order chi connectivity index (χ0) is 15.2. The van der Waals surface area contributed by atoms with Gasteiger partial charge in [-0.2, -0.15) is 0 Å². The van der Waals surface area contributed by atoms with Crippen molar-refractivity contribution in [2.24, 2.45) is 11.8 Å². The van der Waals surface area contributed by atoms with Crippen LogP contribution in [0.4, 0.5) is 10.1 Å². The van der Waals surface area contributed by atoms with Crippen LogP contribution in [0, 0.1) is 17.7 Å². The molecule has 1 N–H and O–H groups in total. The van der Waals surface area contributed by atoms with Crippen LogP contribution in [0.5, 0.6) is 0 Å². The molecule has 4 heteroatoms. The number of anilines is 1. The van der Waals surface area contributed by atoms with E-state index in [4.69, 9.17) is 0 Å². The maximum Gasteiger partial charge on any atom is 0.227 e. The van der Waals surface area contributed by atoms with Gasteiger partial charge >= 0.3 is 0 Å². The summed E-state index contributed by atoms with van der Waals surface area (Å²) in [6.07, 6.45) is 8.10. The summed E-state index contributed by atoms with van der Waals surface area (Å²) in [7, 11) is 0. The Bertz CT molecular complexity index is 484. The molecule has 0 bridgehead atoms. The third-order valence-electron chi connectivity index (χ3n) is 4.37. The van der Waals surface area contributed by atoms with Crippen LogP contribution in [0.1, 0.15) is 51.9 Å². The molecule has 0 heterocycles. The van der Waals surface area contributed by atoms with E-state index in [9.17, 15) is 9.18 Å². The lowest BCUT2D eigenvalue weighted by Gasteiger charge is -2.27. The molecule has 1 saturated carbocycles. The Balaban J connectivity index is 1.84. The quantitative estimate of drug-likeness (QED) is 0.739. The molecule has 21 heavy (non-hydrogen) atoms. The van der Waals surface area contributed by atoms with Crippen LogP contribution in [0.15, 0.2) is 22.7 Å². The van der Waals surface area contributed by atoms with Crippen LogP contribution < -0.4 is 5.32 Å². The van der Waals surface area contributed by atoms with Crippen molar-refractivity contribution in [3.63, 3.8) is 0 Å². The van der Waals surface area contributed by atoms with Crippen molar-refractivity contribution < 1.29 is 9.18 Å². The van der Waals surface area contributed by atoms with E-state index in [0.717, 1.165) is 31.6 Å². The molecule has 116 valence electrons. The van der Waals surface area contributed by atoms with Crippen LogP contribution in [0.25, 0.3) is 0 Å². The highest BCUT2D eigenvalue weighted by Gasteiger charge is 2.26. The minimum Gasteiger partial charge on any atom is -0.325 e. The van der Waals surface area contributed by atoms with Crippen LogP contribution >= 0.6 is 15.9 Å². The minimum absolute atomic E-state index is 0.0660. The number of carbonyl (C=O) groups is 1. The molecule has 0 radical (unpaired) electrons. The number of nitrogens with one attached hydrogen (secondary N) is 1. The lowest BCUT2D eigenvalue weighted by atomic mass is 9.79. The second kappa shape index (κ2) is 7.92. The minimum atomic E-state index is -0.309. The Kier molecular flexibility index (Phi) is 6.22. The molecule has 1 aromatic rings. The molecular weight excluding hydrogens is 333 g/mol. The lowest BCUT2D eigenvalue weighted by Crippen LogP contribution is -2.27. The summed E-state index contributed by atoms with van der Waals surface area (Å²) in [5.74, 6) is 0.652. The van der Waals surface area contributed by atoms with Crippen LogP contribution in [-0.4, -0.2) is 5.91 Å². The second-order valence-electron chi connectivity index (χ2n) is 5.97. The average molecular weight is 356 g/mol. The van der Waals surface area contributed by atoms with Crippen molar-refractivity contribution in [1.82, 2.24) is 0 Å². The summed E-state index contributed by atoms with van der Waals surface area (Å²) >= 11 is 3.28. The van der Waals surface area contributed by atoms with E-state index in [0.29, 0.717) is 10.2 Å². The van der Waals surface area contributed by atoms with Gasteiger partial charge in [-0.25, -0.2) is 4.39 Å². The Hall–Kier alpha value is -0.900. The van der Waals surface area contributed by atoms with Gasteiger partial charge in [0.25, 0.3) is 0 Å². The molecule has 0 aromatic heterocycles. The third kappa shape index (κ3) is 4.80. The fourth-order valence-electron chi connectivity index (χ4n) is 3.03.